The zero-order valence-electron chi connectivity index (χ0n) is 25.5. The third-order valence-corrected chi connectivity index (χ3v) is 8.63. The fourth-order valence-electron chi connectivity index (χ4n) is 4.89. The zero-order chi connectivity index (χ0) is 27.5. The number of unbranched alkanes of at least 4 members (excludes halogenated alkanes) is 22. The second-order valence-corrected chi connectivity index (χ2v) is 14.8. The molecule has 0 radical (unpaired) electrons. The van der Waals surface area contributed by atoms with Crippen LogP contribution < -0.4 is 0 Å². The lowest BCUT2D eigenvalue weighted by molar-refractivity contribution is -0.141. The molecule has 0 heterocycles. The van der Waals surface area contributed by atoms with Crippen LogP contribution in [0.4, 0.5) is 0 Å². The van der Waals surface area contributed by atoms with Crippen molar-refractivity contribution in [3.8, 4) is 0 Å². The SMILES string of the molecule is CCCCCCCCCCCCCCC(=O)O[Si](C)(C)OC(=O)CCCCCCCCCCCCCC. The van der Waals surface area contributed by atoms with Crippen LogP contribution in [0.2, 0.25) is 13.1 Å². The van der Waals surface area contributed by atoms with E-state index in [9.17, 15) is 9.59 Å². The minimum Gasteiger partial charge on any atom is -0.485 e. The highest BCUT2D eigenvalue weighted by Crippen LogP contribution is 2.16. The molecule has 0 aliphatic carbocycles. The molecule has 0 fully saturated rings. The number of carbonyl (C=O) groups is 2. The molecule has 0 bridgehead atoms. The van der Waals surface area contributed by atoms with E-state index in [1.807, 2.05) is 0 Å². The normalized spacial score (nSPS) is 11.6. The Morgan fingerprint density at radius 1 is 0.405 bits per heavy atom. The van der Waals surface area contributed by atoms with Crippen LogP contribution in [0, 0.1) is 0 Å². The average Bonchev–Trinajstić information content (AvgIpc) is 2.84. The van der Waals surface area contributed by atoms with Gasteiger partial charge in [0.05, 0.1) is 0 Å². The van der Waals surface area contributed by atoms with Gasteiger partial charge in [-0.05, 0) is 12.8 Å². The van der Waals surface area contributed by atoms with Gasteiger partial charge in [0.1, 0.15) is 0 Å². The van der Waals surface area contributed by atoms with Gasteiger partial charge in [-0.1, -0.05) is 155 Å². The van der Waals surface area contributed by atoms with Crippen molar-refractivity contribution in [2.24, 2.45) is 0 Å². The minimum absolute atomic E-state index is 0.207. The Labute approximate surface area is 232 Å². The summed E-state index contributed by atoms with van der Waals surface area (Å²) < 4.78 is 11.2. The predicted octanol–water partition coefficient (Wildman–Crippen LogP) is 11.0. The van der Waals surface area contributed by atoms with Gasteiger partial charge in [-0.15, -0.1) is 0 Å². The molecule has 5 heteroatoms. The van der Waals surface area contributed by atoms with Gasteiger partial charge in [-0.2, -0.15) is 0 Å². The van der Waals surface area contributed by atoms with Crippen LogP contribution in [0.15, 0.2) is 0 Å². The van der Waals surface area contributed by atoms with Gasteiger partial charge in [0.25, 0.3) is 11.9 Å². The van der Waals surface area contributed by atoms with E-state index in [2.05, 4.69) is 13.8 Å². The molecule has 0 aliphatic rings. The monoisotopic (exact) mass is 540 g/mol. The van der Waals surface area contributed by atoms with Gasteiger partial charge in [0.2, 0.25) is 0 Å². The maximum absolute atomic E-state index is 12.2. The summed E-state index contributed by atoms with van der Waals surface area (Å²) in [7, 11) is -2.73. The summed E-state index contributed by atoms with van der Waals surface area (Å²) in [6.45, 7) is 8.12. The quantitative estimate of drug-likeness (QED) is 0.0731. The van der Waals surface area contributed by atoms with Gasteiger partial charge in [-0.3, -0.25) is 9.59 Å². The average molecular weight is 541 g/mol. The van der Waals surface area contributed by atoms with Gasteiger partial charge in [-0.25, -0.2) is 0 Å². The minimum atomic E-state index is -2.73. The van der Waals surface area contributed by atoms with E-state index in [0.717, 1.165) is 25.7 Å². The molecule has 220 valence electrons. The highest BCUT2D eigenvalue weighted by atomic mass is 28.4. The number of hydrogen-bond donors (Lipinski definition) is 0. The molecule has 0 saturated heterocycles. The van der Waals surface area contributed by atoms with Crippen molar-refractivity contribution in [2.75, 3.05) is 0 Å². The molecular formula is C32H64O4Si. The van der Waals surface area contributed by atoms with Crippen molar-refractivity contribution < 1.29 is 18.4 Å². The van der Waals surface area contributed by atoms with Crippen molar-refractivity contribution in [1.29, 1.82) is 0 Å². The molecule has 0 amide bonds. The van der Waals surface area contributed by atoms with Gasteiger partial charge >= 0.3 is 8.56 Å². The fraction of sp³-hybridized carbons (Fsp3) is 0.938. The van der Waals surface area contributed by atoms with Gasteiger partial charge in [0, 0.05) is 25.9 Å². The lowest BCUT2D eigenvalue weighted by Crippen LogP contribution is -2.39. The third-order valence-electron chi connectivity index (χ3n) is 7.19. The molecule has 0 rings (SSSR count). The first-order valence-electron chi connectivity index (χ1n) is 16.3. The van der Waals surface area contributed by atoms with Crippen LogP contribution >= 0.6 is 0 Å². The second kappa shape index (κ2) is 26.8. The van der Waals surface area contributed by atoms with Gasteiger partial charge < -0.3 is 8.85 Å². The molecule has 0 spiro atoms. The molecule has 0 N–H and O–H groups in total. The molecule has 0 aliphatic heterocycles. The molecule has 0 unspecified atom stereocenters. The van der Waals surface area contributed by atoms with E-state index in [1.165, 1.54) is 128 Å². The van der Waals surface area contributed by atoms with Gasteiger partial charge in [0.15, 0.2) is 0 Å². The Bertz CT molecular complexity index is 477. The summed E-state index contributed by atoms with van der Waals surface area (Å²) >= 11 is 0. The highest BCUT2D eigenvalue weighted by Gasteiger charge is 2.33. The highest BCUT2D eigenvalue weighted by molar-refractivity contribution is 6.67. The van der Waals surface area contributed by atoms with Crippen LogP contribution in [-0.4, -0.2) is 20.5 Å². The lowest BCUT2D eigenvalue weighted by atomic mass is 10.0. The van der Waals surface area contributed by atoms with Crippen molar-refractivity contribution in [3.05, 3.63) is 0 Å². The first-order chi connectivity index (χ1) is 17.9. The van der Waals surface area contributed by atoms with E-state index in [-0.39, 0.29) is 11.9 Å². The van der Waals surface area contributed by atoms with Crippen LogP contribution in [0.25, 0.3) is 0 Å². The molecular weight excluding hydrogens is 476 g/mol. The zero-order valence-corrected chi connectivity index (χ0v) is 26.5. The Morgan fingerprint density at radius 2 is 0.622 bits per heavy atom. The molecule has 0 atom stereocenters. The first kappa shape index (κ1) is 36.2. The maximum Gasteiger partial charge on any atom is 0.457 e. The lowest BCUT2D eigenvalue weighted by Gasteiger charge is -2.22. The van der Waals surface area contributed by atoms with E-state index in [0.29, 0.717) is 12.8 Å². The Balaban J connectivity index is 3.58. The Morgan fingerprint density at radius 3 is 0.865 bits per heavy atom. The summed E-state index contributed by atoms with van der Waals surface area (Å²) in [4.78, 5) is 24.4. The first-order valence-corrected chi connectivity index (χ1v) is 19.2. The number of hydrogen-bond acceptors (Lipinski definition) is 4. The maximum atomic E-state index is 12.2. The van der Waals surface area contributed by atoms with Crippen LogP contribution in [0.5, 0.6) is 0 Å². The predicted molar refractivity (Wildman–Crippen MR) is 161 cm³/mol. The van der Waals surface area contributed by atoms with E-state index >= 15 is 0 Å². The fourth-order valence-corrected chi connectivity index (χ4v) is 6.23. The van der Waals surface area contributed by atoms with Crippen molar-refractivity contribution in [3.63, 3.8) is 0 Å². The number of carbonyl (C=O) groups excluding carboxylic acids is 2. The van der Waals surface area contributed by atoms with E-state index in [1.54, 1.807) is 13.1 Å². The molecule has 0 aromatic rings. The van der Waals surface area contributed by atoms with Crippen molar-refractivity contribution in [2.45, 2.75) is 194 Å². The molecule has 37 heavy (non-hydrogen) atoms. The molecule has 4 nitrogen and oxygen atoms in total. The van der Waals surface area contributed by atoms with Crippen molar-refractivity contribution >= 4 is 20.5 Å². The summed E-state index contributed by atoms with van der Waals surface area (Å²) in [5.74, 6) is -0.413. The van der Waals surface area contributed by atoms with E-state index < -0.39 is 8.56 Å². The third kappa shape index (κ3) is 28.0. The molecule has 0 saturated carbocycles. The summed E-state index contributed by atoms with van der Waals surface area (Å²) in [5.41, 5.74) is 0. The molecule has 0 aromatic carbocycles. The van der Waals surface area contributed by atoms with Crippen LogP contribution in [0.1, 0.15) is 181 Å². The Hall–Kier alpha value is -0.843. The number of rotatable bonds is 28. The second-order valence-electron chi connectivity index (χ2n) is 11.6. The van der Waals surface area contributed by atoms with Crippen molar-refractivity contribution in [1.82, 2.24) is 0 Å². The Kier molecular flexibility index (Phi) is 26.1. The summed E-state index contributed by atoms with van der Waals surface area (Å²) in [6, 6.07) is 0. The smallest absolute Gasteiger partial charge is 0.457 e. The molecule has 0 aromatic heterocycles. The summed E-state index contributed by atoms with van der Waals surface area (Å²) in [6.07, 6.45) is 31.5. The largest absolute Gasteiger partial charge is 0.485 e. The van der Waals surface area contributed by atoms with Crippen LogP contribution in [0.3, 0.4) is 0 Å². The standard InChI is InChI=1S/C32H64O4Si/c1-5-7-9-11-13-15-17-19-21-23-25-27-29-31(33)35-37(3,4)36-32(34)30-28-26-24-22-20-18-16-14-12-10-8-6-2/h5-30H2,1-4H3. The van der Waals surface area contributed by atoms with Crippen LogP contribution in [-0.2, 0) is 18.4 Å². The topological polar surface area (TPSA) is 52.6 Å². The summed E-state index contributed by atoms with van der Waals surface area (Å²) in [5, 5.41) is 0. The van der Waals surface area contributed by atoms with E-state index in [4.69, 9.17) is 8.85 Å².